The van der Waals surface area contributed by atoms with E-state index in [4.69, 9.17) is 5.73 Å². The third-order valence-electron chi connectivity index (χ3n) is 1.88. The third-order valence-corrected chi connectivity index (χ3v) is 1.88. The van der Waals surface area contributed by atoms with Crippen molar-refractivity contribution in [3.05, 3.63) is 30.3 Å². The molecule has 1 aromatic carbocycles. The lowest BCUT2D eigenvalue weighted by atomic mass is 10.2. The molecule has 4 nitrogen and oxygen atoms in total. The van der Waals surface area contributed by atoms with Crippen LogP contribution in [0.15, 0.2) is 30.3 Å². The number of para-hydroxylation sites is 1. The Morgan fingerprint density at radius 1 is 1.12 bits per heavy atom. The smallest absolute Gasteiger partial charge is 0.224 e. The first-order valence-electron chi connectivity index (χ1n) is 4.81. The Hall–Kier alpha value is -1.55. The first-order valence-corrected chi connectivity index (χ1v) is 4.81. The molecule has 3 N–H and O–H groups in total. The van der Waals surface area contributed by atoms with Gasteiger partial charge in [-0.2, -0.15) is 0 Å². The van der Waals surface area contributed by atoms with Crippen molar-refractivity contribution in [2.45, 2.75) is 19.3 Å². The van der Waals surface area contributed by atoms with Crippen molar-refractivity contribution in [3.63, 3.8) is 0 Å². The molecule has 0 radical (unpaired) electrons. The number of hydrogen-bond acceptors (Lipinski definition) is 2. The summed E-state index contributed by atoms with van der Waals surface area (Å²) in [4.78, 5) is 21.8. The summed E-state index contributed by atoms with van der Waals surface area (Å²) in [5, 5.41) is 2.72. The summed E-state index contributed by atoms with van der Waals surface area (Å²) in [7, 11) is 0. The van der Waals surface area contributed by atoms with Gasteiger partial charge in [-0.25, -0.2) is 0 Å². The highest BCUT2D eigenvalue weighted by Crippen LogP contribution is 2.06. The Kier molecular flexibility index (Phi) is 6.96. The van der Waals surface area contributed by atoms with Crippen LogP contribution in [0.4, 0.5) is 5.69 Å². The van der Waals surface area contributed by atoms with Gasteiger partial charge in [-0.05, 0) is 18.6 Å². The summed E-state index contributed by atoms with van der Waals surface area (Å²) in [6.45, 7) is 0. The second-order valence-electron chi connectivity index (χ2n) is 3.23. The fourth-order valence-corrected chi connectivity index (χ4v) is 1.17. The van der Waals surface area contributed by atoms with Gasteiger partial charge in [0.25, 0.3) is 0 Å². The minimum atomic E-state index is -0.373. The molecule has 1 rings (SSSR count). The summed E-state index contributed by atoms with van der Waals surface area (Å²) < 4.78 is 0. The van der Waals surface area contributed by atoms with E-state index in [1.807, 2.05) is 30.3 Å². The normalized spacial score (nSPS) is 9.00. The molecule has 0 aliphatic rings. The zero-order valence-corrected chi connectivity index (χ0v) is 9.63. The van der Waals surface area contributed by atoms with Crippen LogP contribution < -0.4 is 11.1 Å². The minimum absolute atomic E-state index is 0. The first kappa shape index (κ1) is 14.5. The molecule has 88 valence electrons. The number of rotatable bonds is 5. The van der Waals surface area contributed by atoms with Crippen molar-refractivity contribution in [1.82, 2.24) is 0 Å². The highest BCUT2D eigenvalue weighted by molar-refractivity contribution is 5.90. The number of nitrogens with one attached hydrogen (secondary N) is 1. The van der Waals surface area contributed by atoms with E-state index in [0.29, 0.717) is 12.8 Å². The molecule has 5 heteroatoms. The molecule has 0 spiro atoms. The van der Waals surface area contributed by atoms with Gasteiger partial charge in [0, 0.05) is 18.5 Å². The van der Waals surface area contributed by atoms with Crippen molar-refractivity contribution in [2.75, 3.05) is 5.32 Å². The van der Waals surface area contributed by atoms with Gasteiger partial charge in [-0.3, -0.25) is 9.59 Å². The van der Waals surface area contributed by atoms with Gasteiger partial charge in [0.2, 0.25) is 11.8 Å². The number of amides is 2. The Labute approximate surface area is 101 Å². The fraction of sp³-hybridized carbons (Fsp3) is 0.273. The molecule has 0 saturated carbocycles. The molecule has 2 amide bonds. The van der Waals surface area contributed by atoms with Gasteiger partial charge in [-0.1, -0.05) is 18.2 Å². The maximum Gasteiger partial charge on any atom is 0.224 e. The summed E-state index contributed by atoms with van der Waals surface area (Å²) in [5.74, 6) is -0.468. The van der Waals surface area contributed by atoms with E-state index in [2.05, 4.69) is 5.32 Å². The van der Waals surface area contributed by atoms with Crippen molar-refractivity contribution >= 4 is 29.9 Å². The number of hydrogen-bond donors (Lipinski definition) is 2. The third kappa shape index (κ3) is 6.03. The van der Waals surface area contributed by atoms with Crippen LogP contribution in [0, 0.1) is 0 Å². The molecule has 1 aromatic rings. The molecule has 0 aliphatic carbocycles. The van der Waals surface area contributed by atoms with Crippen LogP contribution in [0.5, 0.6) is 0 Å². The SMILES string of the molecule is Cl.NC(=O)CCCC(=O)Nc1ccccc1. The zero-order chi connectivity index (χ0) is 11.1. The quantitative estimate of drug-likeness (QED) is 0.825. The summed E-state index contributed by atoms with van der Waals surface area (Å²) in [6, 6.07) is 9.19. The van der Waals surface area contributed by atoms with Crippen LogP contribution >= 0.6 is 12.4 Å². The van der Waals surface area contributed by atoms with E-state index in [1.165, 1.54) is 0 Å². The predicted molar refractivity (Wildman–Crippen MR) is 65.4 cm³/mol. The van der Waals surface area contributed by atoms with Gasteiger partial charge in [0.15, 0.2) is 0 Å². The molecule has 0 unspecified atom stereocenters. The van der Waals surface area contributed by atoms with Crippen molar-refractivity contribution in [3.8, 4) is 0 Å². The molecule has 0 fully saturated rings. The number of primary amides is 1. The van der Waals surface area contributed by atoms with E-state index in [9.17, 15) is 9.59 Å². The van der Waals surface area contributed by atoms with Crippen molar-refractivity contribution < 1.29 is 9.59 Å². The van der Waals surface area contributed by atoms with Crippen LogP contribution in [0.25, 0.3) is 0 Å². The standard InChI is InChI=1S/C11H14N2O2.ClH/c12-10(14)7-4-8-11(15)13-9-5-2-1-3-6-9;/h1-3,5-6H,4,7-8H2,(H2,12,14)(H,13,15);1H. The molecular formula is C11H15ClN2O2. The number of benzene rings is 1. The number of anilines is 1. The Morgan fingerprint density at radius 2 is 1.75 bits per heavy atom. The van der Waals surface area contributed by atoms with E-state index in [1.54, 1.807) is 0 Å². The number of halogens is 1. The monoisotopic (exact) mass is 242 g/mol. The van der Waals surface area contributed by atoms with Crippen molar-refractivity contribution in [2.24, 2.45) is 5.73 Å². The lowest BCUT2D eigenvalue weighted by Gasteiger charge is -2.03. The summed E-state index contributed by atoms with van der Waals surface area (Å²) in [5.41, 5.74) is 5.73. The average Bonchev–Trinajstić information content (AvgIpc) is 2.18. The number of nitrogens with two attached hydrogens (primary N) is 1. The van der Waals surface area contributed by atoms with Crippen LogP contribution in [0.1, 0.15) is 19.3 Å². The average molecular weight is 243 g/mol. The molecule has 0 aromatic heterocycles. The highest BCUT2D eigenvalue weighted by atomic mass is 35.5. The largest absolute Gasteiger partial charge is 0.370 e. The minimum Gasteiger partial charge on any atom is -0.370 e. The van der Waals surface area contributed by atoms with E-state index in [-0.39, 0.29) is 30.6 Å². The van der Waals surface area contributed by atoms with Crippen LogP contribution in [0.3, 0.4) is 0 Å². The van der Waals surface area contributed by atoms with E-state index >= 15 is 0 Å². The number of carbonyl (C=O) groups excluding carboxylic acids is 2. The van der Waals surface area contributed by atoms with Gasteiger partial charge in [-0.15, -0.1) is 12.4 Å². The van der Waals surface area contributed by atoms with E-state index in [0.717, 1.165) is 5.69 Å². The van der Waals surface area contributed by atoms with Gasteiger partial charge < -0.3 is 11.1 Å². The molecule has 16 heavy (non-hydrogen) atoms. The lowest BCUT2D eigenvalue weighted by Crippen LogP contribution is -2.14. The van der Waals surface area contributed by atoms with Crippen LogP contribution in [-0.2, 0) is 9.59 Å². The maximum absolute atomic E-state index is 11.3. The van der Waals surface area contributed by atoms with Gasteiger partial charge >= 0.3 is 0 Å². The van der Waals surface area contributed by atoms with Crippen molar-refractivity contribution in [1.29, 1.82) is 0 Å². The van der Waals surface area contributed by atoms with Gasteiger partial charge in [0.1, 0.15) is 0 Å². The number of carbonyl (C=O) groups is 2. The second-order valence-corrected chi connectivity index (χ2v) is 3.23. The fourth-order valence-electron chi connectivity index (χ4n) is 1.17. The Bertz CT molecular complexity index is 341. The van der Waals surface area contributed by atoms with Gasteiger partial charge in [0.05, 0.1) is 0 Å². The topological polar surface area (TPSA) is 72.2 Å². The molecule has 0 saturated heterocycles. The molecule has 0 atom stereocenters. The Morgan fingerprint density at radius 3 is 2.31 bits per heavy atom. The second kappa shape index (κ2) is 7.70. The molecular weight excluding hydrogens is 228 g/mol. The predicted octanol–water partition coefficient (Wildman–Crippen LogP) is 1.70. The first-order chi connectivity index (χ1) is 7.18. The lowest BCUT2D eigenvalue weighted by molar-refractivity contribution is -0.118. The Balaban J connectivity index is 0.00000225. The zero-order valence-electron chi connectivity index (χ0n) is 8.81. The van der Waals surface area contributed by atoms with E-state index < -0.39 is 0 Å². The molecule has 0 bridgehead atoms. The maximum atomic E-state index is 11.3. The van der Waals surface area contributed by atoms with Crippen LogP contribution in [-0.4, -0.2) is 11.8 Å². The van der Waals surface area contributed by atoms with Crippen LogP contribution in [0.2, 0.25) is 0 Å². The summed E-state index contributed by atoms with van der Waals surface area (Å²) in [6.07, 6.45) is 1.06. The molecule has 0 aliphatic heterocycles. The highest BCUT2D eigenvalue weighted by Gasteiger charge is 2.02. The summed E-state index contributed by atoms with van der Waals surface area (Å²) >= 11 is 0. The molecule has 0 heterocycles.